The van der Waals surface area contributed by atoms with Crippen LogP contribution in [0.25, 0.3) is 76.1 Å². The molecule has 0 radical (unpaired) electrons. The number of fused-ring (bicyclic) bond motifs is 13. The Balaban J connectivity index is 1.26. The Kier molecular flexibility index (Phi) is 7.48. The van der Waals surface area contributed by atoms with Crippen molar-refractivity contribution in [2.45, 2.75) is 15.2 Å². The third-order valence-corrected chi connectivity index (χ3v) is 13.8. The van der Waals surface area contributed by atoms with Gasteiger partial charge in [-0.05, 0) is 104 Å². The Hall–Kier alpha value is -6.93. The van der Waals surface area contributed by atoms with Gasteiger partial charge in [0.2, 0.25) is 0 Å². The molecule has 1 aliphatic heterocycles. The number of rotatable bonds is 4. The van der Waals surface area contributed by atoms with E-state index in [1.54, 1.807) is 0 Å². The van der Waals surface area contributed by atoms with Crippen LogP contribution in [0, 0.1) is 0 Å². The van der Waals surface area contributed by atoms with Crippen molar-refractivity contribution in [2.75, 3.05) is 0 Å². The first kappa shape index (κ1) is 33.2. The summed E-state index contributed by atoms with van der Waals surface area (Å²) in [6, 6.07) is 81.6. The molecular formula is C57H36S. The minimum absolute atomic E-state index is 0.680. The van der Waals surface area contributed by atoms with E-state index in [1.165, 1.54) is 108 Å². The molecule has 0 bridgehead atoms. The minimum atomic E-state index is -0.680. The highest BCUT2D eigenvalue weighted by Gasteiger charge is 2.48. The number of hydrogen-bond donors (Lipinski definition) is 0. The highest BCUT2D eigenvalue weighted by Crippen LogP contribution is 2.62. The fourth-order valence-electron chi connectivity index (χ4n) is 9.97. The number of benzene rings is 11. The minimum Gasteiger partial charge on any atom is -0.0880 e. The molecule has 11 aromatic carbocycles. The maximum Gasteiger partial charge on any atom is 0.0736 e. The van der Waals surface area contributed by atoms with Gasteiger partial charge in [0.25, 0.3) is 0 Å². The van der Waals surface area contributed by atoms with Crippen LogP contribution in [0.3, 0.4) is 0 Å². The molecule has 58 heavy (non-hydrogen) atoms. The van der Waals surface area contributed by atoms with E-state index in [0.717, 1.165) is 0 Å². The molecule has 0 atom stereocenters. The lowest BCUT2D eigenvalue weighted by Gasteiger charge is -2.44. The van der Waals surface area contributed by atoms with E-state index < -0.39 is 5.41 Å². The molecule has 0 aliphatic carbocycles. The molecule has 0 aromatic heterocycles. The van der Waals surface area contributed by atoms with Gasteiger partial charge in [0.15, 0.2) is 0 Å². The lowest BCUT2D eigenvalue weighted by Crippen LogP contribution is -2.35. The topological polar surface area (TPSA) is 0 Å². The van der Waals surface area contributed by atoms with E-state index in [0.29, 0.717) is 0 Å². The predicted molar refractivity (Wildman–Crippen MR) is 247 cm³/mol. The van der Waals surface area contributed by atoms with Crippen molar-refractivity contribution >= 4 is 65.6 Å². The van der Waals surface area contributed by atoms with Crippen molar-refractivity contribution in [3.63, 3.8) is 0 Å². The Morgan fingerprint density at radius 3 is 1.14 bits per heavy atom. The summed E-state index contributed by atoms with van der Waals surface area (Å²) in [5, 5.41) is 12.8. The first-order valence-electron chi connectivity index (χ1n) is 20.1. The molecule has 0 N–H and O–H groups in total. The van der Waals surface area contributed by atoms with E-state index >= 15 is 0 Å². The molecule has 0 spiro atoms. The van der Waals surface area contributed by atoms with Gasteiger partial charge in [0, 0.05) is 9.79 Å². The third-order valence-electron chi connectivity index (χ3n) is 12.6. The van der Waals surface area contributed by atoms with E-state index in [2.05, 4.69) is 218 Å². The maximum atomic E-state index is 2.42. The van der Waals surface area contributed by atoms with Crippen LogP contribution < -0.4 is 0 Å². The summed E-state index contributed by atoms with van der Waals surface area (Å²) in [6.07, 6.45) is 0. The normalized spacial score (nSPS) is 13.2. The lowest BCUT2D eigenvalue weighted by molar-refractivity contribution is 0.724. The van der Waals surface area contributed by atoms with Crippen molar-refractivity contribution in [3.8, 4) is 22.3 Å². The van der Waals surface area contributed by atoms with Crippen molar-refractivity contribution < 1.29 is 0 Å². The first-order valence-corrected chi connectivity index (χ1v) is 20.9. The van der Waals surface area contributed by atoms with E-state index in [9.17, 15) is 0 Å². The van der Waals surface area contributed by atoms with Gasteiger partial charge in [-0.25, -0.2) is 0 Å². The van der Waals surface area contributed by atoms with Crippen molar-refractivity contribution in [3.05, 3.63) is 241 Å². The van der Waals surface area contributed by atoms with Crippen LogP contribution in [0.1, 0.15) is 22.3 Å². The highest BCUT2D eigenvalue weighted by atomic mass is 32.2. The Bertz CT molecular complexity index is 3270. The summed E-state index contributed by atoms with van der Waals surface area (Å²) in [7, 11) is 0. The van der Waals surface area contributed by atoms with Gasteiger partial charge in [0.05, 0.1) is 5.41 Å². The van der Waals surface area contributed by atoms with Crippen molar-refractivity contribution in [2.24, 2.45) is 0 Å². The van der Waals surface area contributed by atoms with Gasteiger partial charge < -0.3 is 0 Å². The standard InChI is InChI=1S/C57H36S/c1-2-14-37(15-3-1)39-28-32-43(33-29-39)57(44-34-30-40(31-35-44)42-27-26-38-16-4-5-17-41(38)36-42)53-49-22-10-6-18-45(49)47-20-8-12-24-51(47)55(53)58-56-52-25-13-9-21-48(52)46-19-7-11-23-50(46)54(56)57/h1-36H. The summed E-state index contributed by atoms with van der Waals surface area (Å²) in [4.78, 5) is 2.65. The molecule has 0 saturated carbocycles. The Morgan fingerprint density at radius 1 is 0.259 bits per heavy atom. The van der Waals surface area contributed by atoms with Gasteiger partial charge >= 0.3 is 0 Å². The molecule has 0 fully saturated rings. The van der Waals surface area contributed by atoms with Gasteiger partial charge in [-0.2, -0.15) is 0 Å². The summed E-state index contributed by atoms with van der Waals surface area (Å²) in [5.41, 5.74) is 9.40. The third kappa shape index (κ3) is 4.84. The zero-order valence-corrected chi connectivity index (χ0v) is 32.5. The molecule has 0 amide bonds. The molecule has 270 valence electrons. The summed E-state index contributed by atoms with van der Waals surface area (Å²) >= 11 is 1.96. The quantitative estimate of drug-likeness (QED) is 0.161. The average Bonchev–Trinajstić information content (AvgIpc) is 3.31. The van der Waals surface area contributed by atoms with E-state index in [-0.39, 0.29) is 0 Å². The monoisotopic (exact) mass is 752 g/mol. The van der Waals surface area contributed by atoms with Gasteiger partial charge in [-0.15, -0.1) is 0 Å². The maximum absolute atomic E-state index is 2.42. The van der Waals surface area contributed by atoms with Crippen LogP contribution in [-0.2, 0) is 5.41 Å². The second-order valence-electron chi connectivity index (χ2n) is 15.5. The van der Waals surface area contributed by atoms with E-state index in [1.807, 2.05) is 11.8 Å². The highest BCUT2D eigenvalue weighted by molar-refractivity contribution is 8.00. The second kappa shape index (κ2) is 13.1. The van der Waals surface area contributed by atoms with Crippen LogP contribution in [-0.4, -0.2) is 0 Å². The molecule has 1 aliphatic rings. The summed E-state index contributed by atoms with van der Waals surface area (Å²) in [5.74, 6) is 0. The van der Waals surface area contributed by atoms with Gasteiger partial charge in [0.1, 0.15) is 0 Å². The fraction of sp³-hybridized carbons (Fsp3) is 0.0175. The summed E-state index contributed by atoms with van der Waals surface area (Å²) < 4.78 is 0. The van der Waals surface area contributed by atoms with Crippen molar-refractivity contribution in [1.29, 1.82) is 0 Å². The Labute approximate surface area is 342 Å². The van der Waals surface area contributed by atoms with Gasteiger partial charge in [-0.3, -0.25) is 0 Å². The molecule has 12 rings (SSSR count). The smallest absolute Gasteiger partial charge is 0.0736 e. The summed E-state index contributed by atoms with van der Waals surface area (Å²) in [6.45, 7) is 0. The predicted octanol–water partition coefficient (Wildman–Crippen LogP) is 15.6. The molecule has 0 nitrogen and oxygen atoms in total. The van der Waals surface area contributed by atoms with E-state index in [4.69, 9.17) is 0 Å². The zero-order valence-electron chi connectivity index (χ0n) is 31.7. The SMILES string of the molecule is c1ccc(-c2ccc(C3(c4ccc(-c5ccc6ccccc6c5)cc4)c4c(c5ccccc5c5ccccc45)Sc4c3c3ccccc3c3ccccc43)cc2)cc1. The fourth-order valence-corrected chi connectivity index (χ4v) is 11.5. The van der Waals surface area contributed by atoms with Crippen LogP contribution in [0.2, 0.25) is 0 Å². The molecule has 1 heterocycles. The second-order valence-corrected chi connectivity index (χ2v) is 16.5. The zero-order chi connectivity index (χ0) is 38.2. The Morgan fingerprint density at radius 2 is 0.621 bits per heavy atom. The first-order chi connectivity index (χ1) is 28.8. The van der Waals surface area contributed by atoms with Crippen LogP contribution in [0.4, 0.5) is 0 Å². The molecule has 0 saturated heterocycles. The molecule has 1 heteroatoms. The van der Waals surface area contributed by atoms with Crippen LogP contribution in [0.5, 0.6) is 0 Å². The van der Waals surface area contributed by atoms with Crippen molar-refractivity contribution in [1.82, 2.24) is 0 Å². The molecule has 11 aromatic rings. The largest absolute Gasteiger partial charge is 0.0880 e. The number of hydrogen-bond acceptors (Lipinski definition) is 1. The molecular weight excluding hydrogens is 717 g/mol. The lowest BCUT2D eigenvalue weighted by atomic mass is 9.62. The molecule has 0 unspecified atom stereocenters. The van der Waals surface area contributed by atoms with Crippen LogP contribution in [0.15, 0.2) is 228 Å². The van der Waals surface area contributed by atoms with Crippen LogP contribution >= 0.6 is 11.8 Å². The van der Waals surface area contributed by atoms with Gasteiger partial charge in [-0.1, -0.05) is 224 Å². The average molecular weight is 753 g/mol.